The summed E-state index contributed by atoms with van der Waals surface area (Å²) in [6.45, 7) is 0. The van der Waals surface area contributed by atoms with Gasteiger partial charge in [-0.15, -0.1) is 5.10 Å². The number of ether oxygens (including phenoxy) is 2. The van der Waals surface area contributed by atoms with Crippen LogP contribution in [-0.2, 0) is 4.79 Å². The summed E-state index contributed by atoms with van der Waals surface area (Å²) >= 11 is 1.41. The summed E-state index contributed by atoms with van der Waals surface area (Å²) in [6, 6.07) is 5.37. The SMILES string of the molecule is COc1ccc(-n2nnnc2SCCCC(=O)O)cc1OC. The van der Waals surface area contributed by atoms with E-state index in [2.05, 4.69) is 15.5 Å². The summed E-state index contributed by atoms with van der Waals surface area (Å²) in [6.07, 6.45) is 0.684. The van der Waals surface area contributed by atoms with Crippen LogP contribution >= 0.6 is 11.8 Å². The standard InChI is InChI=1S/C13H16N4O4S/c1-20-10-6-5-9(8-11(10)21-2)17-13(14-15-16-17)22-7-3-4-12(18)19/h5-6,8H,3-4,7H2,1-2H3,(H,18,19). The third kappa shape index (κ3) is 3.88. The maximum Gasteiger partial charge on any atom is 0.303 e. The minimum Gasteiger partial charge on any atom is -0.493 e. The molecule has 0 aliphatic heterocycles. The number of carboxylic acids is 1. The van der Waals surface area contributed by atoms with Crippen LogP contribution in [0.3, 0.4) is 0 Å². The zero-order valence-corrected chi connectivity index (χ0v) is 13.0. The first-order valence-electron chi connectivity index (χ1n) is 6.51. The summed E-state index contributed by atoms with van der Waals surface area (Å²) in [5.74, 6) is 1.02. The number of aliphatic carboxylic acids is 1. The minimum absolute atomic E-state index is 0.130. The number of methoxy groups -OCH3 is 2. The van der Waals surface area contributed by atoms with Crippen LogP contribution in [0.4, 0.5) is 0 Å². The second kappa shape index (κ2) is 7.64. The molecule has 0 radical (unpaired) electrons. The highest BCUT2D eigenvalue weighted by Crippen LogP contribution is 2.30. The van der Waals surface area contributed by atoms with Gasteiger partial charge < -0.3 is 14.6 Å². The molecule has 8 nitrogen and oxygen atoms in total. The zero-order chi connectivity index (χ0) is 15.9. The van der Waals surface area contributed by atoms with Crippen LogP contribution in [0.15, 0.2) is 23.4 Å². The number of benzene rings is 1. The highest BCUT2D eigenvalue weighted by atomic mass is 32.2. The lowest BCUT2D eigenvalue weighted by molar-refractivity contribution is -0.137. The lowest BCUT2D eigenvalue weighted by atomic mass is 10.3. The third-order valence-corrected chi connectivity index (χ3v) is 3.82. The Kier molecular flexibility index (Phi) is 5.59. The predicted molar refractivity (Wildman–Crippen MR) is 79.9 cm³/mol. The molecule has 0 spiro atoms. The molecule has 1 aromatic heterocycles. The quantitative estimate of drug-likeness (QED) is 0.578. The molecule has 0 aliphatic rings. The highest BCUT2D eigenvalue weighted by molar-refractivity contribution is 7.99. The molecule has 2 rings (SSSR count). The van der Waals surface area contributed by atoms with Crippen molar-refractivity contribution in [3.05, 3.63) is 18.2 Å². The normalized spacial score (nSPS) is 10.5. The van der Waals surface area contributed by atoms with E-state index in [1.165, 1.54) is 11.8 Å². The molecule has 9 heteroatoms. The van der Waals surface area contributed by atoms with Crippen LogP contribution in [-0.4, -0.2) is 51.3 Å². The molecular weight excluding hydrogens is 308 g/mol. The Hall–Kier alpha value is -2.29. The third-order valence-electron chi connectivity index (χ3n) is 2.82. The number of thioether (sulfide) groups is 1. The summed E-state index contributed by atoms with van der Waals surface area (Å²) in [4.78, 5) is 10.5. The second-order valence-corrected chi connectivity index (χ2v) is 5.32. The fourth-order valence-corrected chi connectivity index (χ4v) is 2.60. The monoisotopic (exact) mass is 324 g/mol. The van der Waals surface area contributed by atoms with Gasteiger partial charge in [0.25, 0.3) is 0 Å². The van der Waals surface area contributed by atoms with E-state index in [1.807, 2.05) is 6.07 Å². The van der Waals surface area contributed by atoms with Crippen LogP contribution in [0.25, 0.3) is 5.69 Å². The zero-order valence-electron chi connectivity index (χ0n) is 12.2. The van der Waals surface area contributed by atoms with Crippen molar-refractivity contribution < 1.29 is 19.4 Å². The molecule has 1 heterocycles. The summed E-state index contributed by atoms with van der Waals surface area (Å²) < 4.78 is 12.0. The minimum atomic E-state index is -0.805. The number of nitrogens with zero attached hydrogens (tertiary/aromatic N) is 4. The topological polar surface area (TPSA) is 99.4 Å². The Morgan fingerprint density at radius 2 is 2.09 bits per heavy atom. The molecule has 118 valence electrons. The lowest BCUT2D eigenvalue weighted by Crippen LogP contribution is -2.01. The van der Waals surface area contributed by atoms with Gasteiger partial charge in [-0.05, 0) is 29.0 Å². The van der Waals surface area contributed by atoms with Crippen LogP contribution < -0.4 is 9.47 Å². The van der Waals surface area contributed by atoms with Crippen molar-refractivity contribution in [2.75, 3.05) is 20.0 Å². The highest BCUT2D eigenvalue weighted by Gasteiger charge is 2.12. The van der Waals surface area contributed by atoms with Crippen molar-refractivity contribution in [3.8, 4) is 17.2 Å². The lowest BCUT2D eigenvalue weighted by Gasteiger charge is -2.10. The number of hydrogen-bond acceptors (Lipinski definition) is 7. The number of aromatic nitrogens is 4. The van der Waals surface area contributed by atoms with E-state index in [4.69, 9.17) is 14.6 Å². The number of tetrazole rings is 1. The van der Waals surface area contributed by atoms with Gasteiger partial charge in [0.1, 0.15) is 0 Å². The predicted octanol–water partition coefficient (Wildman–Crippen LogP) is 1.64. The van der Waals surface area contributed by atoms with Gasteiger partial charge in [0.15, 0.2) is 11.5 Å². The van der Waals surface area contributed by atoms with Crippen molar-refractivity contribution in [2.24, 2.45) is 0 Å². The van der Waals surface area contributed by atoms with Crippen LogP contribution in [0.5, 0.6) is 11.5 Å². The molecule has 2 aromatic rings. The first-order chi connectivity index (χ1) is 10.7. The van der Waals surface area contributed by atoms with Gasteiger partial charge in [0, 0.05) is 18.2 Å². The fraction of sp³-hybridized carbons (Fsp3) is 0.385. The van der Waals surface area contributed by atoms with Crippen LogP contribution in [0.1, 0.15) is 12.8 Å². The van der Waals surface area contributed by atoms with E-state index in [1.54, 1.807) is 31.0 Å². The number of hydrogen-bond donors (Lipinski definition) is 1. The van der Waals surface area contributed by atoms with Crippen LogP contribution in [0, 0.1) is 0 Å². The Morgan fingerprint density at radius 1 is 1.32 bits per heavy atom. The van der Waals surface area contributed by atoms with Crippen molar-refractivity contribution in [2.45, 2.75) is 18.0 Å². The van der Waals surface area contributed by atoms with Gasteiger partial charge in [-0.2, -0.15) is 4.68 Å². The fourth-order valence-electron chi connectivity index (χ4n) is 1.77. The van der Waals surface area contributed by atoms with E-state index in [0.29, 0.717) is 28.8 Å². The largest absolute Gasteiger partial charge is 0.493 e. The van der Waals surface area contributed by atoms with Crippen molar-refractivity contribution in [1.82, 2.24) is 20.2 Å². The molecule has 1 aromatic carbocycles. The van der Waals surface area contributed by atoms with Gasteiger partial charge in [-0.3, -0.25) is 4.79 Å². The molecule has 1 N–H and O–H groups in total. The number of carboxylic acid groups (broad SMARTS) is 1. The van der Waals surface area contributed by atoms with E-state index in [9.17, 15) is 4.79 Å². The summed E-state index contributed by atoms with van der Waals surface area (Å²) in [5, 5.41) is 20.8. The molecule has 0 saturated carbocycles. The molecule has 0 bridgehead atoms. The Bertz CT molecular complexity index is 647. The van der Waals surface area contributed by atoms with Crippen molar-refractivity contribution >= 4 is 17.7 Å². The van der Waals surface area contributed by atoms with E-state index in [0.717, 1.165) is 5.69 Å². The van der Waals surface area contributed by atoms with E-state index < -0.39 is 5.97 Å². The molecule has 0 atom stereocenters. The van der Waals surface area contributed by atoms with Crippen molar-refractivity contribution in [1.29, 1.82) is 0 Å². The molecule has 0 amide bonds. The first kappa shape index (κ1) is 16.1. The van der Waals surface area contributed by atoms with Gasteiger partial charge in [0.05, 0.1) is 19.9 Å². The van der Waals surface area contributed by atoms with Gasteiger partial charge in [-0.25, -0.2) is 0 Å². The maximum absolute atomic E-state index is 10.5. The number of rotatable bonds is 8. The summed E-state index contributed by atoms with van der Waals surface area (Å²) in [7, 11) is 3.13. The molecule has 22 heavy (non-hydrogen) atoms. The molecule has 0 unspecified atom stereocenters. The Morgan fingerprint density at radius 3 is 2.77 bits per heavy atom. The Labute approximate surface area is 131 Å². The van der Waals surface area contributed by atoms with Gasteiger partial charge >= 0.3 is 5.97 Å². The average molecular weight is 324 g/mol. The molecular formula is C13H16N4O4S. The van der Waals surface area contributed by atoms with Gasteiger partial charge in [0.2, 0.25) is 5.16 Å². The maximum atomic E-state index is 10.5. The first-order valence-corrected chi connectivity index (χ1v) is 7.49. The molecule has 0 aliphatic carbocycles. The average Bonchev–Trinajstić information content (AvgIpc) is 2.99. The van der Waals surface area contributed by atoms with E-state index in [-0.39, 0.29) is 6.42 Å². The molecule has 0 fully saturated rings. The molecule has 0 saturated heterocycles. The Balaban J connectivity index is 2.13. The van der Waals surface area contributed by atoms with Gasteiger partial charge in [-0.1, -0.05) is 11.8 Å². The second-order valence-electron chi connectivity index (χ2n) is 4.26. The van der Waals surface area contributed by atoms with Crippen LogP contribution in [0.2, 0.25) is 0 Å². The smallest absolute Gasteiger partial charge is 0.303 e. The van der Waals surface area contributed by atoms with E-state index >= 15 is 0 Å². The van der Waals surface area contributed by atoms with Crippen molar-refractivity contribution in [3.63, 3.8) is 0 Å². The summed E-state index contributed by atoms with van der Waals surface area (Å²) in [5.41, 5.74) is 0.739. The number of carbonyl (C=O) groups is 1.